The Morgan fingerprint density at radius 3 is 2.58 bits per heavy atom. The Balaban J connectivity index is 2.35. The molecule has 1 atom stereocenters. The number of aliphatic carboxylic acids is 1. The van der Waals surface area contributed by atoms with E-state index in [0.29, 0.717) is 5.56 Å². The van der Waals surface area contributed by atoms with Gasteiger partial charge in [0.05, 0.1) is 11.5 Å². The van der Waals surface area contributed by atoms with E-state index in [1.807, 2.05) is 0 Å². The first-order valence-corrected chi connectivity index (χ1v) is 7.54. The summed E-state index contributed by atoms with van der Waals surface area (Å²) in [5.41, 5.74) is -0.667. The van der Waals surface area contributed by atoms with Gasteiger partial charge < -0.3 is 10.4 Å². The summed E-state index contributed by atoms with van der Waals surface area (Å²) < 4.78 is 36.3. The number of nitrogens with one attached hydrogen (secondary N) is 1. The largest absolute Gasteiger partial charge is 0.479 e. The Hall–Kier alpha value is -1.63. The van der Waals surface area contributed by atoms with Crippen LogP contribution in [0.1, 0.15) is 12.0 Å². The number of rotatable bonds is 3. The number of hydrogen-bond acceptors (Lipinski definition) is 4. The molecule has 1 aliphatic rings. The molecule has 1 unspecified atom stereocenters. The monoisotopic (exact) mass is 287 g/mol. The topological polar surface area (TPSA) is 83.5 Å². The molecule has 2 N–H and O–H groups in total. The molecule has 1 aromatic rings. The number of hydrogen-bond donors (Lipinski definition) is 2. The zero-order chi connectivity index (χ0) is 14.3. The second kappa shape index (κ2) is 4.48. The van der Waals surface area contributed by atoms with Gasteiger partial charge in [-0.25, -0.2) is 17.6 Å². The van der Waals surface area contributed by atoms with Gasteiger partial charge in [0.1, 0.15) is 5.82 Å². The molecule has 1 saturated heterocycles. The highest BCUT2D eigenvalue weighted by atomic mass is 32.2. The maximum Gasteiger partial charge on any atom is 0.330 e. The van der Waals surface area contributed by atoms with Gasteiger partial charge in [0.25, 0.3) is 0 Å². The zero-order valence-electron chi connectivity index (χ0n) is 10.3. The van der Waals surface area contributed by atoms with Gasteiger partial charge >= 0.3 is 5.97 Å². The van der Waals surface area contributed by atoms with Crippen LogP contribution in [0.4, 0.5) is 10.1 Å². The molecule has 1 aliphatic heterocycles. The van der Waals surface area contributed by atoms with E-state index in [1.165, 1.54) is 6.07 Å². The summed E-state index contributed by atoms with van der Waals surface area (Å²) in [5.74, 6) is -2.40. The number of anilines is 1. The molecular formula is C12H14FNO4S. The third-order valence-electron chi connectivity index (χ3n) is 3.14. The Bertz CT molecular complexity index is 608. The molecule has 0 aromatic heterocycles. The van der Waals surface area contributed by atoms with Crippen molar-refractivity contribution in [2.75, 3.05) is 16.8 Å². The van der Waals surface area contributed by atoms with Gasteiger partial charge in [-0.15, -0.1) is 0 Å². The number of benzene rings is 1. The van der Waals surface area contributed by atoms with E-state index in [-0.39, 0.29) is 17.9 Å². The van der Waals surface area contributed by atoms with Crippen LogP contribution in [0.15, 0.2) is 18.2 Å². The van der Waals surface area contributed by atoms with Crippen molar-refractivity contribution in [2.24, 2.45) is 0 Å². The van der Waals surface area contributed by atoms with E-state index in [4.69, 9.17) is 0 Å². The molecule has 1 aromatic carbocycles. The number of carboxylic acid groups (broad SMARTS) is 1. The van der Waals surface area contributed by atoms with Crippen LogP contribution in [0.5, 0.6) is 0 Å². The number of sulfone groups is 1. The van der Waals surface area contributed by atoms with Crippen LogP contribution in [-0.4, -0.2) is 36.5 Å². The van der Waals surface area contributed by atoms with Crippen LogP contribution >= 0.6 is 0 Å². The lowest BCUT2D eigenvalue weighted by Crippen LogP contribution is -2.47. The molecule has 7 heteroatoms. The van der Waals surface area contributed by atoms with Gasteiger partial charge in [0.15, 0.2) is 15.4 Å². The van der Waals surface area contributed by atoms with Crippen LogP contribution in [0.25, 0.3) is 0 Å². The van der Waals surface area contributed by atoms with Gasteiger partial charge in [-0.2, -0.15) is 0 Å². The fourth-order valence-electron chi connectivity index (χ4n) is 2.26. The average Bonchev–Trinajstić information content (AvgIpc) is 2.53. The fraction of sp³-hybridized carbons (Fsp3) is 0.417. The predicted molar refractivity (Wildman–Crippen MR) is 68.4 cm³/mol. The Kier molecular flexibility index (Phi) is 3.25. The van der Waals surface area contributed by atoms with Crippen molar-refractivity contribution >= 4 is 21.5 Å². The summed E-state index contributed by atoms with van der Waals surface area (Å²) in [4.78, 5) is 11.4. The molecule has 0 aliphatic carbocycles. The maximum absolute atomic E-state index is 13.3. The van der Waals surface area contributed by atoms with Crippen LogP contribution in [-0.2, 0) is 14.6 Å². The van der Waals surface area contributed by atoms with Crippen LogP contribution < -0.4 is 5.32 Å². The summed E-state index contributed by atoms with van der Waals surface area (Å²) in [6.07, 6.45) is -0.0276. The van der Waals surface area contributed by atoms with Crippen molar-refractivity contribution < 1.29 is 22.7 Å². The average molecular weight is 287 g/mol. The summed E-state index contributed by atoms with van der Waals surface area (Å²) in [5, 5.41) is 11.9. The number of halogens is 1. The zero-order valence-corrected chi connectivity index (χ0v) is 11.1. The Labute approximate surface area is 110 Å². The minimum atomic E-state index is -3.38. The minimum Gasteiger partial charge on any atom is -0.479 e. The highest BCUT2D eigenvalue weighted by molar-refractivity contribution is 7.91. The smallest absolute Gasteiger partial charge is 0.330 e. The number of carboxylic acids is 1. The van der Waals surface area contributed by atoms with E-state index in [9.17, 15) is 22.7 Å². The highest BCUT2D eigenvalue weighted by Crippen LogP contribution is 2.29. The number of carbonyl (C=O) groups is 1. The molecule has 0 spiro atoms. The first-order chi connectivity index (χ1) is 8.72. The normalized spacial score (nSPS) is 25.2. The lowest BCUT2D eigenvalue weighted by molar-refractivity contribution is -0.141. The Morgan fingerprint density at radius 2 is 2.11 bits per heavy atom. The quantitative estimate of drug-likeness (QED) is 0.872. The molecule has 0 amide bonds. The van der Waals surface area contributed by atoms with Crippen LogP contribution in [0.2, 0.25) is 0 Å². The van der Waals surface area contributed by atoms with Crippen molar-refractivity contribution in [2.45, 2.75) is 18.9 Å². The molecule has 1 heterocycles. The molecule has 0 radical (unpaired) electrons. The summed E-state index contributed by atoms with van der Waals surface area (Å²) >= 11 is 0. The summed E-state index contributed by atoms with van der Waals surface area (Å²) in [6.45, 7) is 1.67. The van der Waals surface area contributed by atoms with E-state index in [2.05, 4.69) is 5.32 Å². The standard InChI is InChI=1S/C12H14FNO4S/c1-8-4-9(13)6-10(5-8)14-12(11(15)16)2-3-19(17,18)7-12/h4-6,14H,2-3,7H2,1H3,(H,15,16). The lowest BCUT2D eigenvalue weighted by atomic mass is 9.98. The first kappa shape index (κ1) is 13.8. The molecule has 1 fully saturated rings. The molecule has 5 nitrogen and oxygen atoms in total. The highest BCUT2D eigenvalue weighted by Gasteiger charge is 2.48. The van der Waals surface area contributed by atoms with Gasteiger partial charge in [0, 0.05) is 5.69 Å². The van der Waals surface area contributed by atoms with Crippen molar-refractivity contribution in [1.29, 1.82) is 0 Å². The van der Waals surface area contributed by atoms with Gasteiger partial charge in [-0.1, -0.05) is 0 Å². The maximum atomic E-state index is 13.3. The van der Waals surface area contributed by atoms with Crippen LogP contribution in [0.3, 0.4) is 0 Å². The second-order valence-electron chi connectivity index (χ2n) is 4.87. The van der Waals surface area contributed by atoms with Crippen molar-refractivity contribution in [3.8, 4) is 0 Å². The van der Waals surface area contributed by atoms with E-state index in [0.717, 1.165) is 6.07 Å². The molecule has 0 bridgehead atoms. The molecule has 2 rings (SSSR count). The third kappa shape index (κ3) is 2.86. The van der Waals surface area contributed by atoms with Gasteiger partial charge in [-0.3, -0.25) is 0 Å². The van der Waals surface area contributed by atoms with Crippen molar-refractivity contribution in [1.82, 2.24) is 0 Å². The van der Waals surface area contributed by atoms with Gasteiger partial charge in [0.2, 0.25) is 0 Å². The third-order valence-corrected chi connectivity index (χ3v) is 4.90. The van der Waals surface area contributed by atoms with E-state index in [1.54, 1.807) is 13.0 Å². The van der Waals surface area contributed by atoms with Crippen molar-refractivity contribution in [3.63, 3.8) is 0 Å². The predicted octanol–water partition coefficient (Wildman–Crippen LogP) is 1.19. The lowest BCUT2D eigenvalue weighted by Gasteiger charge is -2.25. The van der Waals surface area contributed by atoms with Gasteiger partial charge in [-0.05, 0) is 37.1 Å². The van der Waals surface area contributed by atoms with Crippen LogP contribution in [0, 0.1) is 12.7 Å². The summed E-state index contributed by atoms with van der Waals surface area (Å²) in [7, 11) is -3.38. The fourth-order valence-corrected chi connectivity index (χ4v) is 4.15. The van der Waals surface area contributed by atoms with E-state index < -0.39 is 32.9 Å². The van der Waals surface area contributed by atoms with Crippen molar-refractivity contribution in [3.05, 3.63) is 29.6 Å². The SMILES string of the molecule is Cc1cc(F)cc(NC2(C(=O)O)CCS(=O)(=O)C2)c1. The Morgan fingerprint density at radius 1 is 1.42 bits per heavy atom. The van der Waals surface area contributed by atoms with E-state index >= 15 is 0 Å². The number of aryl methyl sites for hydroxylation is 1. The molecule has 104 valence electrons. The first-order valence-electron chi connectivity index (χ1n) is 5.72. The minimum absolute atomic E-state index is 0.0276. The molecular weight excluding hydrogens is 273 g/mol. The second-order valence-corrected chi connectivity index (χ2v) is 7.06. The molecule has 19 heavy (non-hydrogen) atoms. The molecule has 0 saturated carbocycles. The summed E-state index contributed by atoms with van der Waals surface area (Å²) in [6, 6.07) is 4.05.